The van der Waals surface area contributed by atoms with Crippen molar-refractivity contribution in [2.24, 2.45) is 0 Å². The predicted molar refractivity (Wildman–Crippen MR) is 154 cm³/mol. The molecule has 39 heavy (non-hydrogen) atoms. The first-order valence-electron chi connectivity index (χ1n) is 12.5. The Labute approximate surface area is 237 Å². The highest BCUT2D eigenvalue weighted by Crippen LogP contribution is 2.43. The molecule has 0 aliphatic rings. The molecule has 0 amide bonds. The summed E-state index contributed by atoms with van der Waals surface area (Å²) in [6.45, 7) is 8.27. The third-order valence-corrected chi connectivity index (χ3v) is 8.70. The molecule has 0 saturated heterocycles. The van der Waals surface area contributed by atoms with E-state index in [0.717, 1.165) is 5.01 Å². The molecule has 2 aromatic heterocycles. The lowest BCUT2D eigenvalue weighted by Gasteiger charge is -2.14. The van der Waals surface area contributed by atoms with Crippen LogP contribution in [-0.2, 0) is 25.0 Å². The Balaban J connectivity index is 2.00. The Kier molecular flexibility index (Phi) is 10.2. The lowest BCUT2D eigenvalue weighted by atomic mass is 9.98. The van der Waals surface area contributed by atoms with E-state index < -0.39 is 15.8 Å². The van der Waals surface area contributed by atoms with Crippen LogP contribution in [-0.4, -0.2) is 48.7 Å². The van der Waals surface area contributed by atoms with Gasteiger partial charge in [0.1, 0.15) is 0 Å². The summed E-state index contributed by atoms with van der Waals surface area (Å²) >= 11 is 7.69. The summed E-state index contributed by atoms with van der Waals surface area (Å²) in [4.78, 5) is 25.5. The van der Waals surface area contributed by atoms with Crippen LogP contribution in [0.2, 0.25) is 5.02 Å². The van der Waals surface area contributed by atoms with Gasteiger partial charge in [-0.2, -0.15) is 0 Å². The second kappa shape index (κ2) is 13.0. The topological polar surface area (TPSA) is 123 Å². The van der Waals surface area contributed by atoms with E-state index in [9.17, 15) is 13.2 Å². The quantitative estimate of drug-likeness (QED) is 0.185. The largest absolute Gasteiger partial charge is 0.469 e. The van der Waals surface area contributed by atoms with Crippen LogP contribution in [0.5, 0.6) is 0 Å². The van der Waals surface area contributed by atoms with Gasteiger partial charge in [-0.15, -0.1) is 11.3 Å². The van der Waals surface area contributed by atoms with Crippen molar-refractivity contribution in [1.29, 1.82) is 0 Å². The molecular formula is C26H33ClFN5O4S2. The summed E-state index contributed by atoms with van der Waals surface area (Å²) in [6.07, 6.45) is 3.68. The average Bonchev–Trinajstić information content (AvgIpc) is 3.31. The molecule has 0 aliphatic heterocycles. The maximum atomic E-state index is 15.8. The van der Waals surface area contributed by atoms with Crippen molar-refractivity contribution < 1.29 is 22.3 Å². The molecule has 0 spiro atoms. The van der Waals surface area contributed by atoms with Crippen LogP contribution < -0.4 is 10.0 Å². The van der Waals surface area contributed by atoms with Crippen LogP contribution in [0.3, 0.4) is 0 Å². The van der Waals surface area contributed by atoms with Crippen molar-refractivity contribution in [3.05, 3.63) is 40.2 Å². The van der Waals surface area contributed by atoms with Crippen LogP contribution in [0.1, 0.15) is 58.4 Å². The van der Waals surface area contributed by atoms with E-state index >= 15 is 4.39 Å². The zero-order valence-electron chi connectivity index (χ0n) is 22.6. The molecular weight excluding hydrogens is 565 g/mol. The zero-order valence-corrected chi connectivity index (χ0v) is 25.0. The molecule has 0 atom stereocenters. The van der Waals surface area contributed by atoms with E-state index in [-0.39, 0.29) is 33.4 Å². The van der Waals surface area contributed by atoms with Crippen LogP contribution in [0.4, 0.5) is 16.0 Å². The first-order valence-corrected chi connectivity index (χ1v) is 15.3. The number of nitrogens with one attached hydrogen (secondary N) is 2. The van der Waals surface area contributed by atoms with E-state index in [1.165, 1.54) is 30.6 Å². The number of esters is 1. The van der Waals surface area contributed by atoms with Crippen LogP contribution in [0, 0.1) is 5.82 Å². The molecule has 13 heteroatoms. The standard InChI is InChI=1S/C26H33ClFN5O4S2/c1-6-13-39(35,36)33-19-15-16(27)14-17(21(19)28)22-23(38-24(32-22)26(2,3)4)18-10-12-30-25(31-18)29-11-8-7-9-20(34)37-5/h10,12,14-15,33H,6-9,11,13H2,1-5H3,(H,29,30,31). The number of unbranched alkanes of at least 4 members (excludes halogenated alkanes) is 1. The summed E-state index contributed by atoms with van der Waals surface area (Å²) in [7, 11) is -2.39. The van der Waals surface area contributed by atoms with Crippen molar-refractivity contribution in [1.82, 2.24) is 15.0 Å². The van der Waals surface area contributed by atoms with Crippen LogP contribution in [0.15, 0.2) is 24.4 Å². The minimum Gasteiger partial charge on any atom is -0.469 e. The summed E-state index contributed by atoms with van der Waals surface area (Å²) in [5.41, 5.74) is 0.321. The molecule has 3 aromatic rings. The molecule has 0 fully saturated rings. The van der Waals surface area contributed by atoms with Crippen molar-refractivity contribution in [2.75, 3.05) is 29.4 Å². The van der Waals surface area contributed by atoms with E-state index in [1.807, 2.05) is 20.8 Å². The minimum atomic E-state index is -3.75. The third kappa shape index (κ3) is 8.33. The number of methoxy groups -OCH3 is 1. The summed E-state index contributed by atoms with van der Waals surface area (Å²) in [5, 5.41) is 4.06. The lowest BCUT2D eigenvalue weighted by molar-refractivity contribution is -0.140. The number of aromatic nitrogens is 3. The number of anilines is 2. The molecule has 0 unspecified atom stereocenters. The van der Waals surface area contributed by atoms with Crippen LogP contribution >= 0.6 is 22.9 Å². The first-order chi connectivity index (χ1) is 18.3. The van der Waals surface area contributed by atoms with Gasteiger partial charge in [0.15, 0.2) is 5.82 Å². The number of rotatable bonds is 12. The lowest BCUT2D eigenvalue weighted by Crippen LogP contribution is -2.17. The Morgan fingerprint density at radius 2 is 1.95 bits per heavy atom. The Morgan fingerprint density at radius 1 is 1.21 bits per heavy atom. The van der Waals surface area contributed by atoms with Crippen molar-refractivity contribution in [2.45, 2.75) is 58.8 Å². The summed E-state index contributed by atoms with van der Waals surface area (Å²) in [6, 6.07) is 4.39. The molecule has 9 nitrogen and oxygen atoms in total. The van der Waals surface area contributed by atoms with Gasteiger partial charge in [-0.3, -0.25) is 9.52 Å². The third-order valence-electron chi connectivity index (χ3n) is 5.51. The molecule has 0 saturated carbocycles. The van der Waals surface area contributed by atoms with Gasteiger partial charge in [0, 0.05) is 35.2 Å². The molecule has 0 aliphatic carbocycles. The maximum absolute atomic E-state index is 15.8. The molecule has 0 bridgehead atoms. The van der Waals surface area contributed by atoms with E-state index in [4.69, 9.17) is 16.6 Å². The number of carbonyl (C=O) groups excluding carboxylic acids is 1. The number of hydrogen-bond donors (Lipinski definition) is 2. The number of thiazole rings is 1. The minimum absolute atomic E-state index is 0.0642. The Hall–Kier alpha value is -2.83. The monoisotopic (exact) mass is 597 g/mol. The maximum Gasteiger partial charge on any atom is 0.305 e. The fraction of sp³-hybridized carbons (Fsp3) is 0.462. The first kappa shape index (κ1) is 30.7. The number of hydrogen-bond acceptors (Lipinski definition) is 9. The van der Waals surface area contributed by atoms with E-state index in [2.05, 4.69) is 24.7 Å². The highest BCUT2D eigenvalue weighted by molar-refractivity contribution is 7.92. The second-order valence-electron chi connectivity index (χ2n) is 9.91. The Bertz CT molecular complexity index is 1420. The van der Waals surface area contributed by atoms with Crippen molar-refractivity contribution >= 4 is 50.6 Å². The fourth-order valence-electron chi connectivity index (χ4n) is 3.59. The van der Waals surface area contributed by atoms with Gasteiger partial charge in [-0.25, -0.2) is 27.8 Å². The molecule has 1 aromatic carbocycles. The second-order valence-corrected chi connectivity index (χ2v) is 13.2. The zero-order chi connectivity index (χ0) is 28.8. The van der Waals surface area contributed by atoms with E-state index in [1.54, 1.807) is 19.2 Å². The number of benzene rings is 1. The molecule has 2 heterocycles. The highest BCUT2D eigenvalue weighted by Gasteiger charge is 2.27. The van der Waals surface area contributed by atoms with Gasteiger partial charge >= 0.3 is 5.97 Å². The van der Waals surface area contributed by atoms with Gasteiger partial charge < -0.3 is 10.1 Å². The number of ether oxygens (including phenoxy) is 1. The van der Waals surface area contributed by atoms with Gasteiger partial charge in [-0.1, -0.05) is 39.3 Å². The number of sulfonamides is 1. The molecule has 3 rings (SSSR count). The van der Waals surface area contributed by atoms with Gasteiger partial charge in [0.25, 0.3) is 0 Å². The highest BCUT2D eigenvalue weighted by atomic mass is 35.5. The SMILES string of the molecule is CCCS(=O)(=O)Nc1cc(Cl)cc(-c2nc(C(C)(C)C)sc2-c2ccnc(NCCCCC(=O)OC)n2)c1F. The molecule has 2 N–H and O–H groups in total. The summed E-state index contributed by atoms with van der Waals surface area (Å²) in [5.74, 6) is -0.801. The Morgan fingerprint density at radius 3 is 2.62 bits per heavy atom. The number of carbonyl (C=O) groups is 1. The smallest absolute Gasteiger partial charge is 0.305 e. The van der Waals surface area contributed by atoms with Crippen molar-refractivity contribution in [3.8, 4) is 21.8 Å². The average molecular weight is 598 g/mol. The summed E-state index contributed by atoms with van der Waals surface area (Å²) < 4.78 is 47.5. The molecule has 212 valence electrons. The predicted octanol–water partition coefficient (Wildman–Crippen LogP) is 6.26. The van der Waals surface area contributed by atoms with Gasteiger partial charge in [0.2, 0.25) is 16.0 Å². The van der Waals surface area contributed by atoms with Gasteiger partial charge in [0.05, 0.1) is 39.8 Å². The van der Waals surface area contributed by atoms with Gasteiger partial charge in [-0.05, 0) is 37.5 Å². The van der Waals surface area contributed by atoms with Crippen molar-refractivity contribution in [3.63, 3.8) is 0 Å². The van der Waals surface area contributed by atoms with E-state index in [0.29, 0.717) is 54.4 Å². The fourth-order valence-corrected chi connectivity index (χ4v) is 6.04. The normalized spacial score (nSPS) is 11.9. The number of halogens is 2. The molecule has 0 radical (unpaired) electrons. The van der Waals surface area contributed by atoms with Crippen LogP contribution in [0.25, 0.3) is 21.8 Å². The number of nitrogens with zero attached hydrogens (tertiary/aromatic N) is 3.